The van der Waals surface area contributed by atoms with Crippen molar-refractivity contribution in [1.82, 2.24) is 9.97 Å². The molecule has 0 aromatic carbocycles. The molecular formula is C15H19N3O2. The first-order valence-corrected chi connectivity index (χ1v) is 7.58. The lowest BCUT2D eigenvalue weighted by atomic mass is 9.94. The second-order valence-corrected chi connectivity index (χ2v) is 6.27. The Bertz CT molecular complexity index is 560. The van der Waals surface area contributed by atoms with Crippen molar-refractivity contribution in [3.8, 4) is 0 Å². The molecule has 2 heterocycles. The van der Waals surface area contributed by atoms with Crippen LogP contribution in [0.4, 0.5) is 5.82 Å². The third-order valence-electron chi connectivity index (χ3n) is 5.27. The van der Waals surface area contributed by atoms with Crippen LogP contribution in [0.3, 0.4) is 0 Å². The van der Waals surface area contributed by atoms with E-state index in [9.17, 15) is 9.90 Å². The summed E-state index contributed by atoms with van der Waals surface area (Å²) >= 11 is 0. The minimum atomic E-state index is -0.690. The molecule has 106 valence electrons. The van der Waals surface area contributed by atoms with Gasteiger partial charge in [-0.1, -0.05) is 6.42 Å². The van der Waals surface area contributed by atoms with Gasteiger partial charge in [-0.3, -0.25) is 0 Å². The molecule has 0 bridgehead atoms. The zero-order chi connectivity index (χ0) is 13.7. The Morgan fingerprint density at radius 3 is 3.00 bits per heavy atom. The Hall–Kier alpha value is -1.65. The number of rotatable bonds is 2. The molecule has 3 unspecified atom stereocenters. The molecule has 1 saturated heterocycles. The molecule has 1 saturated carbocycles. The zero-order valence-electron chi connectivity index (χ0n) is 11.5. The predicted octanol–water partition coefficient (Wildman–Crippen LogP) is 1.65. The molecule has 1 aliphatic heterocycles. The normalized spacial score (nSPS) is 31.4. The summed E-state index contributed by atoms with van der Waals surface area (Å²) in [7, 11) is 0. The Kier molecular flexibility index (Phi) is 2.69. The second-order valence-electron chi connectivity index (χ2n) is 6.27. The van der Waals surface area contributed by atoms with Crippen LogP contribution in [0.15, 0.2) is 6.33 Å². The average molecular weight is 273 g/mol. The number of carboxylic acid groups (broad SMARTS) is 1. The highest BCUT2D eigenvalue weighted by molar-refractivity contribution is 5.80. The topological polar surface area (TPSA) is 66.3 Å². The number of aryl methyl sites for hydroxylation is 1. The van der Waals surface area contributed by atoms with Crippen molar-refractivity contribution in [2.24, 2.45) is 11.8 Å². The van der Waals surface area contributed by atoms with Crippen LogP contribution in [0.2, 0.25) is 0 Å². The molecule has 2 aliphatic carbocycles. The molecule has 0 radical (unpaired) electrons. The fourth-order valence-corrected chi connectivity index (χ4v) is 4.43. The number of fused-ring (bicyclic) bond motifs is 2. The first kappa shape index (κ1) is 12.1. The maximum absolute atomic E-state index is 11.7. The monoisotopic (exact) mass is 273 g/mol. The fourth-order valence-electron chi connectivity index (χ4n) is 4.43. The van der Waals surface area contributed by atoms with Crippen LogP contribution in [0.25, 0.3) is 0 Å². The molecule has 20 heavy (non-hydrogen) atoms. The van der Waals surface area contributed by atoms with Crippen LogP contribution in [0, 0.1) is 11.8 Å². The number of hydrogen-bond donors (Lipinski definition) is 1. The standard InChI is InChI=1S/C15H19N3O2/c19-15(20)13-10-4-1-3-9(10)7-18(13)14-11-5-2-6-12(11)16-8-17-14/h8-10,13H,1-7H2,(H,19,20). The number of carbonyl (C=O) groups is 1. The molecule has 1 N–H and O–H groups in total. The summed E-state index contributed by atoms with van der Waals surface area (Å²) in [5, 5.41) is 9.66. The maximum atomic E-state index is 11.7. The van der Waals surface area contributed by atoms with Crippen molar-refractivity contribution in [1.29, 1.82) is 0 Å². The zero-order valence-corrected chi connectivity index (χ0v) is 11.5. The van der Waals surface area contributed by atoms with E-state index in [0.29, 0.717) is 11.8 Å². The Balaban J connectivity index is 1.75. The molecule has 3 aliphatic rings. The van der Waals surface area contributed by atoms with E-state index in [2.05, 4.69) is 14.9 Å². The average Bonchev–Trinajstić information content (AvgIpc) is 3.11. The molecular weight excluding hydrogens is 254 g/mol. The summed E-state index contributed by atoms with van der Waals surface area (Å²) in [5.74, 6) is 1.04. The third-order valence-corrected chi connectivity index (χ3v) is 5.27. The molecule has 4 rings (SSSR count). The summed E-state index contributed by atoms with van der Waals surface area (Å²) in [6.45, 7) is 0.852. The van der Waals surface area contributed by atoms with E-state index >= 15 is 0 Å². The highest BCUT2D eigenvalue weighted by Gasteiger charge is 2.48. The summed E-state index contributed by atoms with van der Waals surface area (Å²) in [5.41, 5.74) is 2.31. The highest BCUT2D eigenvalue weighted by Crippen LogP contribution is 2.44. The van der Waals surface area contributed by atoms with Crippen molar-refractivity contribution in [2.75, 3.05) is 11.4 Å². The van der Waals surface area contributed by atoms with E-state index < -0.39 is 5.97 Å². The van der Waals surface area contributed by atoms with E-state index in [1.54, 1.807) is 6.33 Å². The molecule has 2 fully saturated rings. The predicted molar refractivity (Wildman–Crippen MR) is 73.7 cm³/mol. The van der Waals surface area contributed by atoms with Crippen molar-refractivity contribution in [2.45, 2.75) is 44.6 Å². The van der Waals surface area contributed by atoms with Gasteiger partial charge in [0, 0.05) is 17.8 Å². The van der Waals surface area contributed by atoms with Crippen molar-refractivity contribution < 1.29 is 9.90 Å². The van der Waals surface area contributed by atoms with Crippen LogP contribution in [-0.2, 0) is 17.6 Å². The molecule has 5 heteroatoms. The van der Waals surface area contributed by atoms with Crippen LogP contribution in [0.1, 0.15) is 36.9 Å². The summed E-state index contributed by atoms with van der Waals surface area (Å²) in [4.78, 5) is 22.6. The van der Waals surface area contributed by atoms with Gasteiger partial charge in [-0.25, -0.2) is 14.8 Å². The van der Waals surface area contributed by atoms with Gasteiger partial charge < -0.3 is 10.0 Å². The van der Waals surface area contributed by atoms with Gasteiger partial charge in [-0.05, 0) is 43.9 Å². The van der Waals surface area contributed by atoms with Crippen LogP contribution in [-0.4, -0.2) is 33.6 Å². The van der Waals surface area contributed by atoms with Crippen molar-refractivity contribution in [3.05, 3.63) is 17.6 Å². The summed E-state index contributed by atoms with van der Waals surface area (Å²) in [6.07, 6.45) is 8.09. The fraction of sp³-hybridized carbons (Fsp3) is 0.667. The van der Waals surface area contributed by atoms with E-state index in [1.165, 1.54) is 12.0 Å². The lowest BCUT2D eigenvalue weighted by Gasteiger charge is -2.26. The van der Waals surface area contributed by atoms with E-state index in [4.69, 9.17) is 0 Å². The van der Waals surface area contributed by atoms with Gasteiger partial charge in [0.05, 0.1) is 0 Å². The lowest BCUT2D eigenvalue weighted by molar-refractivity contribution is -0.139. The number of nitrogens with zero attached hydrogens (tertiary/aromatic N) is 3. The quantitative estimate of drug-likeness (QED) is 0.887. The number of carboxylic acids is 1. The summed E-state index contributed by atoms with van der Waals surface area (Å²) in [6, 6.07) is -0.387. The van der Waals surface area contributed by atoms with Crippen LogP contribution < -0.4 is 4.90 Å². The van der Waals surface area contributed by atoms with Gasteiger partial charge in [0.15, 0.2) is 0 Å². The van der Waals surface area contributed by atoms with E-state index in [1.807, 2.05) is 0 Å². The number of aromatic nitrogens is 2. The lowest BCUT2D eigenvalue weighted by Crippen LogP contribution is -2.40. The Morgan fingerprint density at radius 1 is 1.25 bits per heavy atom. The minimum absolute atomic E-state index is 0.305. The highest BCUT2D eigenvalue weighted by atomic mass is 16.4. The van der Waals surface area contributed by atoms with Gasteiger partial charge in [-0.15, -0.1) is 0 Å². The van der Waals surface area contributed by atoms with Gasteiger partial charge in [0.1, 0.15) is 18.2 Å². The van der Waals surface area contributed by atoms with Crippen molar-refractivity contribution in [3.63, 3.8) is 0 Å². The first-order chi connectivity index (χ1) is 9.75. The van der Waals surface area contributed by atoms with E-state index in [0.717, 1.165) is 50.2 Å². The van der Waals surface area contributed by atoms with Crippen LogP contribution >= 0.6 is 0 Å². The second kappa shape index (κ2) is 4.43. The summed E-state index contributed by atoms with van der Waals surface area (Å²) < 4.78 is 0. The van der Waals surface area contributed by atoms with Gasteiger partial charge in [-0.2, -0.15) is 0 Å². The Labute approximate surface area is 118 Å². The number of anilines is 1. The number of aliphatic carboxylic acids is 1. The van der Waals surface area contributed by atoms with Gasteiger partial charge >= 0.3 is 5.97 Å². The Morgan fingerprint density at radius 2 is 2.15 bits per heavy atom. The molecule has 1 aromatic heterocycles. The molecule has 0 spiro atoms. The first-order valence-electron chi connectivity index (χ1n) is 7.58. The van der Waals surface area contributed by atoms with Gasteiger partial charge in [0.2, 0.25) is 0 Å². The van der Waals surface area contributed by atoms with Crippen LogP contribution in [0.5, 0.6) is 0 Å². The largest absolute Gasteiger partial charge is 0.480 e. The van der Waals surface area contributed by atoms with Gasteiger partial charge in [0.25, 0.3) is 0 Å². The third kappa shape index (κ3) is 1.65. The minimum Gasteiger partial charge on any atom is -0.480 e. The molecule has 1 aromatic rings. The smallest absolute Gasteiger partial charge is 0.326 e. The SMILES string of the molecule is O=C(O)C1C2CCCC2CN1c1ncnc2c1CCC2. The molecule has 0 amide bonds. The molecule has 5 nitrogen and oxygen atoms in total. The van der Waals surface area contributed by atoms with E-state index in [-0.39, 0.29) is 6.04 Å². The number of hydrogen-bond acceptors (Lipinski definition) is 4. The molecule has 3 atom stereocenters. The van der Waals surface area contributed by atoms with Crippen molar-refractivity contribution >= 4 is 11.8 Å². The maximum Gasteiger partial charge on any atom is 0.326 e.